The van der Waals surface area contributed by atoms with E-state index in [-0.39, 0.29) is 11.8 Å². The molecule has 0 unspecified atom stereocenters. The number of carboxylic acid groups (broad SMARTS) is 1. The zero-order valence-electron chi connectivity index (χ0n) is 12.7. The molecule has 1 fully saturated rings. The van der Waals surface area contributed by atoms with E-state index in [2.05, 4.69) is 6.58 Å². The lowest BCUT2D eigenvalue weighted by atomic mass is 9.86. The highest BCUT2D eigenvalue weighted by Crippen LogP contribution is 2.31. The Morgan fingerprint density at radius 1 is 1.32 bits per heavy atom. The van der Waals surface area contributed by atoms with Crippen molar-refractivity contribution >= 4 is 11.9 Å². The highest BCUT2D eigenvalue weighted by Gasteiger charge is 2.34. The van der Waals surface area contributed by atoms with Crippen LogP contribution < -0.4 is 0 Å². The molecule has 0 saturated carbocycles. The Balaban J connectivity index is 2.09. The molecule has 1 saturated heterocycles. The lowest BCUT2D eigenvalue weighted by Crippen LogP contribution is -2.48. The van der Waals surface area contributed by atoms with Gasteiger partial charge in [-0.15, -0.1) is 0 Å². The summed E-state index contributed by atoms with van der Waals surface area (Å²) >= 11 is 0. The summed E-state index contributed by atoms with van der Waals surface area (Å²) in [6.07, 6.45) is 2.60. The number of benzene rings is 1. The lowest BCUT2D eigenvalue weighted by Gasteiger charge is -2.35. The van der Waals surface area contributed by atoms with Crippen LogP contribution in [0.2, 0.25) is 0 Å². The number of aliphatic hydroxyl groups is 1. The minimum Gasteiger partial charge on any atom is -0.478 e. The van der Waals surface area contributed by atoms with Gasteiger partial charge in [-0.2, -0.15) is 0 Å². The summed E-state index contributed by atoms with van der Waals surface area (Å²) in [4.78, 5) is 25.1. The molecule has 0 aromatic heterocycles. The number of carbonyl (C=O) groups is 2. The van der Waals surface area contributed by atoms with Crippen LogP contribution in [0.5, 0.6) is 0 Å². The summed E-state index contributed by atoms with van der Waals surface area (Å²) in [7, 11) is 0. The van der Waals surface area contributed by atoms with E-state index in [4.69, 9.17) is 0 Å². The second-order valence-corrected chi connectivity index (χ2v) is 5.81. The first-order chi connectivity index (χ1) is 10.4. The predicted molar refractivity (Wildman–Crippen MR) is 82.8 cm³/mol. The van der Waals surface area contributed by atoms with Crippen molar-refractivity contribution in [2.24, 2.45) is 0 Å². The first kappa shape index (κ1) is 16.2. The summed E-state index contributed by atoms with van der Waals surface area (Å²) in [5.41, 5.74) is -0.408. The van der Waals surface area contributed by atoms with Crippen LogP contribution in [0.4, 0.5) is 0 Å². The second-order valence-electron chi connectivity index (χ2n) is 5.81. The van der Waals surface area contributed by atoms with Crippen molar-refractivity contribution in [1.82, 2.24) is 4.90 Å². The molecule has 1 aliphatic rings. The minimum absolute atomic E-state index is 0.116. The van der Waals surface area contributed by atoms with E-state index in [1.165, 1.54) is 13.0 Å². The van der Waals surface area contributed by atoms with Crippen LogP contribution in [0.15, 0.2) is 36.9 Å². The van der Waals surface area contributed by atoms with Gasteiger partial charge in [0.1, 0.15) is 0 Å². The quantitative estimate of drug-likeness (QED) is 0.834. The Morgan fingerprint density at radius 2 is 1.91 bits per heavy atom. The zero-order valence-corrected chi connectivity index (χ0v) is 12.7. The van der Waals surface area contributed by atoms with E-state index < -0.39 is 11.6 Å². The zero-order chi connectivity index (χ0) is 16.3. The van der Waals surface area contributed by atoms with E-state index in [1.54, 1.807) is 17.0 Å². The molecular formula is C17H21NO4. The third kappa shape index (κ3) is 3.20. The minimum atomic E-state index is -1.55. The maximum atomic E-state index is 12.2. The van der Waals surface area contributed by atoms with Crippen LogP contribution >= 0.6 is 0 Å². The van der Waals surface area contributed by atoms with Gasteiger partial charge in [0.05, 0.1) is 5.56 Å². The van der Waals surface area contributed by atoms with Crippen LogP contribution in [-0.2, 0) is 4.79 Å². The maximum absolute atomic E-state index is 12.2. The molecule has 2 rings (SSSR count). The summed E-state index contributed by atoms with van der Waals surface area (Å²) in [5.74, 6) is -1.17. The summed E-state index contributed by atoms with van der Waals surface area (Å²) < 4.78 is 0. The third-order valence-electron chi connectivity index (χ3n) is 4.24. The molecule has 1 aromatic carbocycles. The molecule has 1 aromatic rings. The molecule has 0 aliphatic carbocycles. The predicted octanol–water partition coefficient (Wildman–Crippen LogP) is 2.03. The fourth-order valence-corrected chi connectivity index (χ4v) is 2.85. The van der Waals surface area contributed by atoms with Gasteiger partial charge in [-0.1, -0.05) is 30.9 Å². The normalized spacial score (nSPS) is 18.5. The van der Waals surface area contributed by atoms with Crippen molar-refractivity contribution in [3.05, 3.63) is 48.0 Å². The van der Waals surface area contributed by atoms with Crippen LogP contribution in [0, 0.1) is 0 Å². The number of amides is 1. The SMILES string of the molecule is C=C[C@@](C)(O)C(=O)N1CCC(c2ccccc2C(=O)O)CC1. The highest BCUT2D eigenvalue weighted by atomic mass is 16.4. The molecule has 1 atom stereocenters. The standard InChI is InChI=1S/C17H21NO4/c1-3-17(2,22)16(21)18-10-8-12(9-11-18)13-6-4-5-7-14(13)15(19)20/h3-7,12,22H,1,8-11H2,2H3,(H,19,20)/t17-/m1/s1. The summed E-state index contributed by atoms with van der Waals surface area (Å²) in [6, 6.07) is 7.00. The van der Waals surface area contributed by atoms with Gasteiger partial charge in [0.15, 0.2) is 5.60 Å². The molecule has 22 heavy (non-hydrogen) atoms. The second kappa shape index (κ2) is 6.32. The number of nitrogens with zero attached hydrogens (tertiary/aromatic N) is 1. The molecule has 2 N–H and O–H groups in total. The van der Waals surface area contributed by atoms with Crippen molar-refractivity contribution in [3.63, 3.8) is 0 Å². The lowest BCUT2D eigenvalue weighted by molar-refractivity contribution is -0.146. The molecular weight excluding hydrogens is 282 g/mol. The van der Waals surface area contributed by atoms with Crippen LogP contribution in [0.3, 0.4) is 0 Å². The largest absolute Gasteiger partial charge is 0.478 e. The smallest absolute Gasteiger partial charge is 0.335 e. The van der Waals surface area contributed by atoms with E-state index in [0.29, 0.717) is 31.5 Å². The van der Waals surface area contributed by atoms with Crippen molar-refractivity contribution in [2.45, 2.75) is 31.3 Å². The average molecular weight is 303 g/mol. The topological polar surface area (TPSA) is 77.8 Å². The van der Waals surface area contributed by atoms with Gasteiger partial charge in [-0.25, -0.2) is 4.79 Å². The Morgan fingerprint density at radius 3 is 2.45 bits per heavy atom. The highest BCUT2D eigenvalue weighted by molar-refractivity contribution is 5.89. The maximum Gasteiger partial charge on any atom is 0.335 e. The number of likely N-dealkylation sites (tertiary alicyclic amines) is 1. The Bertz CT molecular complexity index is 586. The van der Waals surface area contributed by atoms with Crippen LogP contribution in [-0.4, -0.2) is 45.7 Å². The van der Waals surface area contributed by atoms with Crippen molar-refractivity contribution < 1.29 is 19.8 Å². The summed E-state index contributed by atoms with van der Waals surface area (Å²) in [6.45, 7) is 5.91. The van der Waals surface area contributed by atoms with Gasteiger partial charge in [0, 0.05) is 13.1 Å². The summed E-state index contributed by atoms with van der Waals surface area (Å²) in [5, 5.41) is 19.2. The van der Waals surface area contributed by atoms with Gasteiger partial charge in [0.25, 0.3) is 5.91 Å². The Kier molecular flexibility index (Phi) is 4.66. The van der Waals surface area contributed by atoms with Gasteiger partial charge >= 0.3 is 5.97 Å². The third-order valence-corrected chi connectivity index (χ3v) is 4.24. The van der Waals surface area contributed by atoms with E-state index >= 15 is 0 Å². The van der Waals surface area contributed by atoms with Gasteiger partial charge in [0.2, 0.25) is 0 Å². The van der Waals surface area contributed by atoms with Gasteiger partial charge in [-0.05, 0) is 37.3 Å². The molecule has 5 nitrogen and oxygen atoms in total. The number of hydrogen-bond donors (Lipinski definition) is 2. The van der Waals surface area contributed by atoms with E-state index in [9.17, 15) is 19.8 Å². The van der Waals surface area contributed by atoms with Gasteiger partial charge < -0.3 is 15.1 Å². The fourth-order valence-electron chi connectivity index (χ4n) is 2.85. The number of carbonyl (C=O) groups excluding carboxylic acids is 1. The molecule has 1 aliphatic heterocycles. The number of aromatic carboxylic acids is 1. The number of piperidine rings is 1. The molecule has 0 radical (unpaired) electrons. The van der Waals surface area contributed by atoms with Gasteiger partial charge in [-0.3, -0.25) is 4.79 Å². The number of hydrogen-bond acceptors (Lipinski definition) is 3. The molecule has 5 heteroatoms. The Labute approximate surface area is 129 Å². The monoisotopic (exact) mass is 303 g/mol. The average Bonchev–Trinajstić information content (AvgIpc) is 2.54. The van der Waals surface area contributed by atoms with E-state index in [0.717, 1.165) is 5.56 Å². The van der Waals surface area contributed by atoms with E-state index in [1.807, 2.05) is 12.1 Å². The van der Waals surface area contributed by atoms with Crippen molar-refractivity contribution in [2.75, 3.05) is 13.1 Å². The molecule has 1 amide bonds. The Hall–Kier alpha value is -2.14. The van der Waals surface area contributed by atoms with Crippen molar-refractivity contribution in [1.29, 1.82) is 0 Å². The fraction of sp³-hybridized carbons (Fsp3) is 0.412. The van der Waals surface area contributed by atoms with Crippen LogP contribution in [0.1, 0.15) is 41.6 Å². The first-order valence-corrected chi connectivity index (χ1v) is 7.34. The van der Waals surface area contributed by atoms with Crippen LogP contribution in [0.25, 0.3) is 0 Å². The van der Waals surface area contributed by atoms with Crippen molar-refractivity contribution in [3.8, 4) is 0 Å². The number of rotatable bonds is 4. The molecule has 1 heterocycles. The molecule has 0 bridgehead atoms. The number of carboxylic acids is 1. The molecule has 118 valence electrons. The first-order valence-electron chi connectivity index (χ1n) is 7.34. The molecule has 0 spiro atoms.